The second-order valence-corrected chi connectivity index (χ2v) is 7.20. The molecule has 1 N–H and O–H groups in total. The van der Waals surface area contributed by atoms with Gasteiger partial charge >= 0.3 is 5.51 Å². The van der Waals surface area contributed by atoms with Gasteiger partial charge in [-0.3, -0.25) is 4.90 Å². The SMILES string of the molecule is O=NCN1CCN(SCCCSNSC(F)(F)F)CC1. The number of piperazine rings is 1. The van der Waals surface area contributed by atoms with Gasteiger partial charge in [0, 0.05) is 49.6 Å². The molecule has 0 radical (unpaired) electrons. The van der Waals surface area contributed by atoms with Crippen molar-refractivity contribution in [1.29, 1.82) is 0 Å². The van der Waals surface area contributed by atoms with Crippen molar-refractivity contribution in [1.82, 2.24) is 13.3 Å². The first kappa shape index (κ1) is 18.4. The minimum absolute atomic E-state index is 0.220. The normalized spacial score (nSPS) is 18.4. The fraction of sp³-hybridized carbons (Fsp3) is 1.00. The summed E-state index contributed by atoms with van der Waals surface area (Å²) in [6, 6.07) is 0. The molecule has 20 heavy (non-hydrogen) atoms. The number of halogens is 3. The monoisotopic (exact) mass is 350 g/mol. The summed E-state index contributed by atoms with van der Waals surface area (Å²) >= 11 is 2.57. The standard InChI is InChI=1S/C9H17F3N4OS3/c10-9(11,12)20-14-18-6-1-7-19-16-4-2-15(3-5-16)8-13-17/h14H,1-8H2. The number of hydrogen-bond donors (Lipinski definition) is 1. The molecule has 0 bridgehead atoms. The van der Waals surface area contributed by atoms with E-state index in [-0.39, 0.29) is 18.6 Å². The average molecular weight is 350 g/mol. The Morgan fingerprint density at radius 1 is 1.15 bits per heavy atom. The van der Waals surface area contributed by atoms with Crippen LogP contribution in [0.15, 0.2) is 5.18 Å². The van der Waals surface area contributed by atoms with E-state index in [0.717, 1.165) is 50.3 Å². The lowest BCUT2D eigenvalue weighted by Crippen LogP contribution is -2.43. The zero-order valence-electron chi connectivity index (χ0n) is 10.8. The van der Waals surface area contributed by atoms with Crippen LogP contribution in [-0.4, -0.2) is 59.1 Å². The van der Waals surface area contributed by atoms with Crippen LogP contribution >= 0.6 is 35.8 Å². The van der Waals surface area contributed by atoms with Crippen LogP contribution in [0.4, 0.5) is 13.2 Å². The number of alkyl halides is 3. The Bertz CT molecular complexity index is 278. The Hall–Kier alpha value is 0.320. The minimum atomic E-state index is -4.22. The van der Waals surface area contributed by atoms with Crippen molar-refractivity contribution in [2.45, 2.75) is 11.9 Å². The summed E-state index contributed by atoms with van der Waals surface area (Å²) in [7, 11) is 0. The van der Waals surface area contributed by atoms with Gasteiger partial charge in [-0.25, -0.2) is 8.43 Å². The smallest absolute Gasteiger partial charge is 0.279 e. The van der Waals surface area contributed by atoms with Gasteiger partial charge in [0.25, 0.3) is 0 Å². The van der Waals surface area contributed by atoms with Gasteiger partial charge in [-0.05, 0) is 6.42 Å². The average Bonchev–Trinajstić information content (AvgIpc) is 2.38. The molecule has 1 aliphatic heterocycles. The number of nitroso groups, excluding NO2 is 1. The summed E-state index contributed by atoms with van der Waals surface area (Å²) in [5.74, 6) is 1.53. The Morgan fingerprint density at radius 2 is 1.85 bits per heavy atom. The van der Waals surface area contributed by atoms with Crippen LogP contribution in [-0.2, 0) is 0 Å². The van der Waals surface area contributed by atoms with E-state index in [1.807, 2.05) is 4.90 Å². The molecule has 1 fully saturated rings. The summed E-state index contributed by atoms with van der Waals surface area (Å²) in [5.41, 5.74) is -4.22. The van der Waals surface area contributed by atoms with E-state index in [0.29, 0.717) is 5.75 Å². The second-order valence-electron chi connectivity index (χ2n) is 3.98. The van der Waals surface area contributed by atoms with Crippen LogP contribution in [0.25, 0.3) is 0 Å². The molecule has 1 rings (SSSR count). The lowest BCUT2D eigenvalue weighted by Gasteiger charge is -2.32. The van der Waals surface area contributed by atoms with Crippen molar-refractivity contribution < 1.29 is 13.2 Å². The summed E-state index contributed by atoms with van der Waals surface area (Å²) in [5, 5.41) is 2.86. The van der Waals surface area contributed by atoms with Crippen molar-refractivity contribution >= 4 is 35.8 Å². The molecular weight excluding hydrogens is 333 g/mol. The Balaban J connectivity index is 1.91. The van der Waals surface area contributed by atoms with Gasteiger partial charge in [-0.15, -0.1) is 4.91 Å². The van der Waals surface area contributed by atoms with Crippen molar-refractivity contribution in [3.05, 3.63) is 4.91 Å². The molecule has 118 valence electrons. The van der Waals surface area contributed by atoms with Crippen LogP contribution in [0, 0.1) is 4.91 Å². The molecular formula is C9H17F3N4OS3. The molecule has 0 aromatic carbocycles. The number of rotatable bonds is 9. The van der Waals surface area contributed by atoms with Gasteiger partial charge in [0.1, 0.15) is 6.67 Å². The quantitative estimate of drug-likeness (QED) is 0.390. The molecule has 0 amide bonds. The highest BCUT2D eigenvalue weighted by Crippen LogP contribution is 2.29. The highest BCUT2D eigenvalue weighted by atomic mass is 32.2. The van der Waals surface area contributed by atoms with E-state index in [1.165, 1.54) is 0 Å². The van der Waals surface area contributed by atoms with Crippen LogP contribution < -0.4 is 4.13 Å². The fourth-order valence-corrected chi connectivity index (χ4v) is 3.90. The van der Waals surface area contributed by atoms with Crippen LogP contribution in [0.1, 0.15) is 6.42 Å². The van der Waals surface area contributed by atoms with Crippen molar-refractivity contribution in [2.24, 2.45) is 5.18 Å². The lowest BCUT2D eigenvalue weighted by atomic mass is 10.4. The third-order valence-electron chi connectivity index (χ3n) is 2.47. The highest BCUT2D eigenvalue weighted by Gasteiger charge is 2.28. The molecule has 5 nitrogen and oxygen atoms in total. The topological polar surface area (TPSA) is 47.9 Å². The largest absolute Gasteiger partial charge is 0.456 e. The van der Waals surface area contributed by atoms with Crippen LogP contribution in [0.2, 0.25) is 0 Å². The fourth-order valence-electron chi connectivity index (χ4n) is 1.52. The van der Waals surface area contributed by atoms with E-state index >= 15 is 0 Å². The highest BCUT2D eigenvalue weighted by molar-refractivity contribution is 8.13. The van der Waals surface area contributed by atoms with Crippen LogP contribution in [0.3, 0.4) is 0 Å². The molecule has 11 heteroatoms. The van der Waals surface area contributed by atoms with Crippen molar-refractivity contribution in [2.75, 3.05) is 44.4 Å². The third-order valence-corrected chi connectivity index (χ3v) is 5.20. The Kier molecular flexibility index (Phi) is 9.29. The summed E-state index contributed by atoms with van der Waals surface area (Å²) in [6.07, 6.45) is 0.844. The third kappa shape index (κ3) is 9.29. The van der Waals surface area contributed by atoms with Crippen molar-refractivity contribution in [3.63, 3.8) is 0 Å². The van der Waals surface area contributed by atoms with E-state index in [2.05, 4.69) is 13.6 Å². The molecule has 1 aliphatic rings. The van der Waals surface area contributed by atoms with E-state index < -0.39 is 5.51 Å². The van der Waals surface area contributed by atoms with E-state index in [9.17, 15) is 18.1 Å². The molecule has 0 aliphatic carbocycles. The van der Waals surface area contributed by atoms with E-state index in [1.54, 1.807) is 11.9 Å². The number of nitrogens with one attached hydrogen (secondary N) is 1. The molecule has 0 spiro atoms. The van der Waals surface area contributed by atoms with Gasteiger partial charge in [0.05, 0.1) is 0 Å². The minimum Gasteiger partial charge on any atom is -0.279 e. The number of hydrogen-bond acceptors (Lipinski definition) is 8. The Labute approximate surface area is 129 Å². The summed E-state index contributed by atoms with van der Waals surface area (Å²) in [4.78, 5) is 12.1. The molecule has 0 saturated carbocycles. The lowest BCUT2D eigenvalue weighted by molar-refractivity contribution is -0.0331. The first-order chi connectivity index (χ1) is 9.51. The summed E-state index contributed by atoms with van der Waals surface area (Å²) in [6.45, 7) is 3.68. The maximum Gasteiger partial charge on any atom is 0.456 e. The second kappa shape index (κ2) is 10.1. The first-order valence-electron chi connectivity index (χ1n) is 6.02. The van der Waals surface area contributed by atoms with Gasteiger partial charge < -0.3 is 0 Å². The summed E-state index contributed by atoms with van der Waals surface area (Å²) < 4.78 is 39.9. The van der Waals surface area contributed by atoms with Gasteiger partial charge in [0.2, 0.25) is 0 Å². The van der Waals surface area contributed by atoms with Gasteiger partial charge in [0.15, 0.2) is 0 Å². The maximum absolute atomic E-state index is 11.8. The molecule has 1 heterocycles. The molecule has 0 aromatic heterocycles. The molecule has 1 saturated heterocycles. The van der Waals surface area contributed by atoms with E-state index in [4.69, 9.17) is 0 Å². The zero-order valence-corrected chi connectivity index (χ0v) is 13.2. The van der Waals surface area contributed by atoms with Crippen LogP contribution in [0.5, 0.6) is 0 Å². The Morgan fingerprint density at radius 3 is 2.45 bits per heavy atom. The first-order valence-corrected chi connectivity index (χ1v) is 8.76. The maximum atomic E-state index is 11.8. The number of nitrogens with zero attached hydrogens (tertiary/aromatic N) is 3. The molecule has 0 aromatic rings. The predicted octanol–water partition coefficient (Wildman–Crippen LogP) is 2.77. The van der Waals surface area contributed by atoms with Crippen molar-refractivity contribution in [3.8, 4) is 0 Å². The predicted molar refractivity (Wildman–Crippen MR) is 80.1 cm³/mol. The molecule has 0 atom stereocenters. The van der Waals surface area contributed by atoms with Gasteiger partial charge in [-0.2, -0.15) is 13.2 Å². The molecule has 0 unspecified atom stereocenters. The van der Waals surface area contributed by atoms with Gasteiger partial charge in [-0.1, -0.05) is 29.1 Å². The zero-order chi connectivity index (χ0) is 14.8.